The van der Waals surface area contributed by atoms with Crippen molar-refractivity contribution >= 4 is 15.7 Å². The summed E-state index contributed by atoms with van der Waals surface area (Å²) in [6.45, 7) is 2.04. The standard InChI is InChI=1S/C17H16F3N5O3S/c1-2-8-28-16-7-6-12(17(18,19)20)9-15(16)22-29(26,27)14-5-3-4-13(10-14)25-11-21-23-24-25/h3-7,9-11,22H,2,8H2,1H3. The van der Waals surface area contributed by atoms with Crippen molar-refractivity contribution in [3.05, 3.63) is 54.4 Å². The van der Waals surface area contributed by atoms with Crippen molar-refractivity contribution in [3.8, 4) is 11.4 Å². The Morgan fingerprint density at radius 2 is 1.97 bits per heavy atom. The van der Waals surface area contributed by atoms with E-state index in [2.05, 4.69) is 20.2 Å². The fourth-order valence-corrected chi connectivity index (χ4v) is 3.50. The maximum Gasteiger partial charge on any atom is 0.416 e. The number of hydrogen-bond acceptors (Lipinski definition) is 6. The Labute approximate surface area is 164 Å². The highest BCUT2D eigenvalue weighted by Crippen LogP contribution is 2.36. The average molecular weight is 427 g/mol. The van der Waals surface area contributed by atoms with E-state index in [-0.39, 0.29) is 22.9 Å². The van der Waals surface area contributed by atoms with Crippen molar-refractivity contribution in [1.82, 2.24) is 20.2 Å². The topological polar surface area (TPSA) is 99.0 Å². The third-order valence-corrected chi connectivity index (χ3v) is 5.12. The first-order valence-electron chi connectivity index (χ1n) is 8.41. The number of anilines is 1. The van der Waals surface area contributed by atoms with Crippen molar-refractivity contribution in [2.45, 2.75) is 24.4 Å². The van der Waals surface area contributed by atoms with E-state index in [1.807, 2.05) is 6.92 Å². The predicted molar refractivity (Wildman–Crippen MR) is 97.2 cm³/mol. The van der Waals surface area contributed by atoms with Crippen LogP contribution in [0, 0.1) is 0 Å². The Morgan fingerprint density at radius 1 is 1.17 bits per heavy atom. The Morgan fingerprint density at radius 3 is 2.62 bits per heavy atom. The molecule has 8 nitrogen and oxygen atoms in total. The summed E-state index contributed by atoms with van der Waals surface area (Å²) in [4.78, 5) is -0.177. The normalized spacial score (nSPS) is 12.0. The third kappa shape index (κ3) is 4.83. The lowest BCUT2D eigenvalue weighted by molar-refractivity contribution is -0.137. The minimum atomic E-state index is -4.64. The lowest BCUT2D eigenvalue weighted by atomic mass is 10.2. The van der Waals surface area contributed by atoms with Crippen LogP contribution < -0.4 is 9.46 Å². The summed E-state index contributed by atoms with van der Waals surface area (Å²) in [5.41, 5.74) is -0.938. The summed E-state index contributed by atoms with van der Waals surface area (Å²) in [6.07, 6.45) is -2.76. The summed E-state index contributed by atoms with van der Waals surface area (Å²) in [6, 6.07) is 8.26. The molecule has 0 fully saturated rings. The van der Waals surface area contributed by atoms with Gasteiger partial charge in [-0.15, -0.1) is 5.10 Å². The second-order valence-electron chi connectivity index (χ2n) is 5.91. The van der Waals surface area contributed by atoms with Gasteiger partial charge in [0.2, 0.25) is 0 Å². The molecule has 0 bridgehead atoms. The SMILES string of the molecule is CCCOc1ccc(C(F)(F)F)cc1NS(=O)(=O)c1cccc(-n2cnnn2)c1. The second-order valence-corrected chi connectivity index (χ2v) is 7.60. The Hall–Kier alpha value is -3.15. The molecule has 0 saturated heterocycles. The maximum absolute atomic E-state index is 13.1. The monoisotopic (exact) mass is 427 g/mol. The highest BCUT2D eigenvalue weighted by molar-refractivity contribution is 7.92. The Kier molecular flexibility index (Phi) is 5.73. The number of sulfonamides is 1. The molecule has 0 spiro atoms. The van der Waals surface area contributed by atoms with Gasteiger partial charge in [-0.2, -0.15) is 13.2 Å². The second kappa shape index (κ2) is 8.07. The molecular formula is C17H16F3N5O3S. The van der Waals surface area contributed by atoms with Crippen LogP contribution in [0.3, 0.4) is 0 Å². The van der Waals surface area contributed by atoms with Gasteiger partial charge in [-0.05, 0) is 53.2 Å². The van der Waals surface area contributed by atoms with Gasteiger partial charge >= 0.3 is 6.18 Å². The zero-order valence-electron chi connectivity index (χ0n) is 15.1. The number of halogens is 3. The van der Waals surface area contributed by atoms with Crippen molar-refractivity contribution in [3.63, 3.8) is 0 Å². The van der Waals surface area contributed by atoms with E-state index in [0.29, 0.717) is 18.2 Å². The number of rotatable bonds is 7. The molecule has 0 amide bonds. The first kappa shape index (κ1) is 20.6. The quantitative estimate of drug-likeness (QED) is 0.621. The van der Waals surface area contributed by atoms with Crippen LogP contribution in [-0.2, 0) is 16.2 Å². The van der Waals surface area contributed by atoms with Gasteiger partial charge < -0.3 is 4.74 Å². The van der Waals surface area contributed by atoms with Crippen molar-refractivity contribution in [2.75, 3.05) is 11.3 Å². The van der Waals surface area contributed by atoms with Crippen LogP contribution in [0.2, 0.25) is 0 Å². The maximum atomic E-state index is 13.1. The minimum Gasteiger partial charge on any atom is -0.491 e. The van der Waals surface area contributed by atoms with E-state index in [0.717, 1.165) is 12.1 Å². The van der Waals surface area contributed by atoms with Gasteiger partial charge in [0.1, 0.15) is 12.1 Å². The Bertz CT molecular complexity index is 1090. The number of ether oxygens (including phenoxy) is 1. The molecule has 3 aromatic rings. The highest BCUT2D eigenvalue weighted by atomic mass is 32.2. The first-order chi connectivity index (χ1) is 13.7. The average Bonchev–Trinajstić information content (AvgIpc) is 3.21. The predicted octanol–water partition coefficient (Wildman–Crippen LogP) is 3.27. The molecule has 1 aromatic heterocycles. The molecule has 0 aliphatic carbocycles. The van der Waals surface area contributed by atoms with Crippen LogP contribution in [0.5, 0.6) is 5.75 Å². The molecule has 29 heavy (non-hydrogen) atoms. The molecule has 3 rings (SSSR count). The zero-order chi connectivity index (χ0) is 21.1. The number of alkyl halides is 3. The molecule has 0 aliphatic rings. The number of aromatic nitrogens is 4. The van der Waals surface area contributed by atoms with Gasteiger partial charge in [0.25, 0.3) is 10.0 Å². The lowest BCUT2D eigenvalue weighted by Crippen LogP contribution is -2.16. The van der Waals surface area contributed by atoms with Gasteiger partial charge in [-0.3, -0.25) is 4.72 Å². The van der Waals surface area contributed by atoms with Gasteiger partial charge in [0.15, 0.2) is 0 Å². The molecule has 0 aliphatic heterocycles. The van der Waals surface area contributed by atoms with Gasteiger partial charge in [0.05, 0.1) is 28.4 Å². The Balaban J connectivity index is 1.98. The summed E-state index contributed by atoms with van der Waals surface area (Å²) < 4.78 is 73.7. The van der Waals surface area contributed by atoms with Crippen LogP contribution in [0.15, 0.2) is 53.7 Å². The van der Waals surface area contributed by atoms with E-state index in [4.69, 9.17) is 4.74 Å². The van der Waals surface area contributed by atoms with Crippen molar-refractivity contribution in [1.29, 1.82) is 0 Å². The van der Waals surface area contributed by atoms with Crippen LogP contribution in [0.1, 0.15) is 18.9 Å². The molecule has 0 saturated carbocycles. The van der Waals surface area contributed by atoms with Crippen LogP contribution >= 0.6 is 0 Å². The lowest BCUT2D eigenvalue weighted by Gasteiger charge is -2.16. The number of nitrogens with zero attached hydrogens (tertiary/aromatic N) is 4. The number of hydrogen-bond donors (Lipinski definition) is 1. The molecule has 2 aromatic carbocycles. The van der Waals surface area contributed by atoms with E-state index in [1.54, 1.807) is 6.07 Å². The molecule has 0 radical (unpaired) electrons. The third-order valence-electron chi connectivity index (χ3n) is 3.75. The van der Waals surface area contributed by atoms with Crippen molar-refractivity contribution in [2.24, 2.45) is 0 Å². The van der Waals surface area contributed by atoms with Gasteiger partial charge in [0, 0.05) is 0 Å². The molecule has 154 valence electrons. The van der Waals surface area contributed by atoms with E-state index in [9.17, 15) is 21.6 Å². The molecule has 0 unspecified atom stereocenters. The van der Waals surface area contributed by atoms with Crippen LogP contribution in [0.25, 0.3) is 5.69 Å². The molecule has 12 heteroatoms. The number of tetrazole rings is 1. The minimum absolute atomic E-state index is 0.0000517. The summed E-state index contributed by atoms with van der Waals surface area (Å²) in [5, 5.41) is 10.6. The fraction of sp³-hybridized carbons (Fsp3) is 0.235. The molecule has 1 N–H and O–H groups in total. The van der Waals surface area contributed by atoms with Gasteiger partial charge in [-0.1, -0.05) is 13.0 Å². The number of nitrogens with one attached hydrogen (secondary N) is 1. The highest BCUT2D eigenvalue weighted by Gasteiger charge is 2.32. The van der Waals surface area contributed by atoms with Gasteiger partial charge in [-0.25, -0.2) is 13.1 Å². The molecule has 1 heterocycles. The van der Waals surface area contributed by atoms with Crippen molar-refractivity contribution < 1.29 is 26.3 Å². The van der Waals surface area contributed by atoms with Crippen LogP contribution in [0.4, 0.5) is 18.9 Å². The van der Waals surface area contributed by atoms with Crippen LogP contribution in [-0.4, -0.2) is 35.2 Å². The number of benzene rings is 2. The summed E-state index contributed by atoms with van der Waals surface area (Å²) in [5.74, 6) is 0.0000517. The molecule has 0 atom stereocenters. The molecular weight excluding hydrogens is 411 g/mol. The zero-order valence-corrected chi connectivity index (χ0v) is 15.9. The van der Waals surface area contributed by atoms with E-state index in [1.165, 1.54) is 29.2 Å². The largest absolute Gasteiger partial charge is 0.491 e. The summed E-state index contributed by atoms with van der Waals surface area (Å²) in [7, 11) is -4.22. The van der Waals surface area contributed by atoms with E-state index < -0.39 is 21.8 Å². The first-order valence-corrected chi connectivity index (χ1v) is 9.89. The fourth-order valence-electron chi connectivity index (χ4n) is 2.40. The smallest absolute Gasteiger partial charge is 0.416 e. The van der Waals surface area contributed by atoms with E-state index >= 15 is 0 Å². The summed E-state index contributed by atoms with van der Waals surface area (Å²) >= 11 is 0.